The second-order valence-corrected chi connectivity index (χ2v) is 2.73. The first kappa shape index (κ1) is 10.5. The molecule has 1 rings (SSSR count). The summed E-state index contributed by atoms with van der Waals surface area (Å²) >= 11 is 4.87. The number of nitro benzene ring substituents is 1. The third kappa shape index (κ3) is 1.82. The van der Waals surface area contributed by atoms with E-state index in [9.17, 15) is 14.9 Å². The van der Waals surface area contributed by atoms with Crippen LogP contribution in [0.1, 0.15) is 15.9 Å². The van der Waals surface area contributed by atoms with E-state index in [4.69, 9.17) is 11.9 Å². The molecule has 0 atom stereocenters. The molecule has 0 radical (unpaired) electrons. The number of hydrogen-bond acceptors (Lipinski definition) is 4. The van der Waals surface area contributed by atoms with Crippen LogP contribution in [-0.4, -0.2) is 10.9 Å². The van der Waals surface area contributed by atoms with Crippen LogP contribution in [0.25, 0.3) is 0 Å². The van der Waals surface area contributed by atoms with Gasteiger partial charge >= 0.3 is 5.97 Å². The van der Waals surface area contributed by atoms with Crippen molar-refractivity contribution in [2.75, 3.05) is 0 Å². The molecule has 0 saturated heterocycles. The molecule has 14 heavy (non-hydrogen) atoms. The summed E-state index contributed by atoms with van der Waals surface area (Å²) in [7, 11) is 0. The summed E-state index contributed by atoms with van der Waals surface area (Å²) in [4.78, 5) is 21.0. The number of carbonyl (C=O) groups is 1. The first-order valence-electron chi connectivity index (χ1n) is 3.65. The molecule has 0 aromatic heterocycles. The SMILES string of the molecule is Cc1c(C(=O)OCl)cccc1[N+](=O)[O-]. The zero-order valence-corrected chi connectivity index (χ0v) is 7.95. The largest absolute Gasteiger partial charge is 0.356 e. The molecular formula is C8H6ClNO4. The zero-order chi connectivity index (χ0) is 10.7. The van der Waals surface area contributed by atoms with Crippen LogP contribution in [0, 0.1) is 17.0 Å². The predicted molar refractivity (Wildman–Crippen MR) is 49.1 cm³/mol. The summed E-state index contributed by atoms with van der Waals surface area (Å²) in [5.41, 5.74) is 0.196. The average molecular weight is 216 g/mol. The molecule has 0 unspecified atom stereocenters. The molecule has 0 aliphatic heterocycles. The Morgan fingerprint density at radius 2 is 2.21 bits per heavy atom. The first-order valence-corrected chi connectivity index (χ1v) is 3.95. The van der Waals surface area contributed by atoms with Crippen LogP contribution in [0.2, 0.25) is 0 Å². The van der Waals surface area contributed by atoms with Gasteiger partial charge in [0.25, 0.3) is 5.69 Å². The fourth-order valence-corrected chi connectivity index (χ4v) is 1.17. The van der Waals surface area contributed by atoms with Crippen molar-refractivity contribution in [3.05, 3.63) is 39.4 Å². The summed E-state index contributed by atoms with van der Waals surface area (Å²) in [5.74, 6) is -0.798. The number of nitro groups is 1. The maximum atomic E-state index is 11.0. The topological polar surface area (TPSA) is 69.4 Å². The smallest absolute Gasteiger partial charge is 0.343 e. The predicted octanol–water partition coefficient (Wildman–Crippen LogP) is 2.21. The quantitative estimate of drug-likeness (QED) is 0.560. The van der Waals surface area contributed by atoms with Crippen molar-refractivity contribution in [2.45, 2.75) is 6.92 Å². The van der Waals surface area contributed by atoms with Gasteiger partial charge in [0.15, 0.2) is 0 Å². The van der Waals surface area contributed by atoms with Crippen LogP contribution < -0.4 is 0 Å². The van der Waals surface area contributed by atoms with E-state index in [1.165, 1.54) is 25.1 Å². The molecule has 1 aromatic rings. The van der Waals surface area contributed by atoms with Gasteiger partial charge < -0.3 is 4.29 Å². The molecule has 0 bridgehead atoms. The Morgan fingerprint density at radius 1 is 1.57 bits per heavy atom. The molecule has 6 heteroatoms. The Morgan fingerprint density at radius 3 is 2.71 bits per heavy atom. The van der Waals surface area contributed by atoms with E-state index < -0.39 is 10.9 Å². The van der Waals surface area contributed by atoms with Crippen molar-refractivity contribution < 1.29 is 14.0 Å². The molecule has 0 spiro atoms. The summed E-state index contributed by atoms with van der Waals surface area (Å²) in [6, 6.07) is 4.11. The summed E-state index contributed by atoms with van der Waals surface area (Å²) < 4.78 is 3.96. The molecule has 5 nitrogen and oxygen atoms in total. The van der Waals surface area contributed by atoms with E-state index in [1.54, 1.807) is 0 Å². The number of rotatable bonds is 2. The van der Waals surface area contributed by atoms with Gasteiger partial charge in [-0.25, -0.2) is 4.79 Å². The lowest BCUT2D eigenvalue weighted by molar-refractivity contribution is -0.385. The van der Waals surface area contributed by atoms with Gasteiger partial charge in [-0.1, -0.05) is 6.07 Å². The lowest BCUT2D eigenvalue weighted by atomic mass is 10.1. The number of hydrogen-bond donors (Lipinski definition) is 0. The van der Waals surface area contributed by atoms with Crippen LogP contribution in [0.4, 0.5) is 5.69 Å². The molecule has 0 heterocycles. The zero-order valence-electron chi connectivity index (χ0n) is 7.19. The van der Waals surface area contributed by atoms with Gasteiger partial charge in [-0.2, -0.15) is 0 Å². The van der Waals surface area contributed by atoms with Crippen LogP contribution in [0.3, 0.4) is 0 Å². The molecule has 0 amide bonds. The van der Waals surface area contributed by atoms with Crippen molar-refractivity contribution in [3.8, 4) is 0 Å². The van der Waals surface area contributed by atoms with Gasteiger partial charge in [-0.05, 0) is 13.0 Å². The highest BCUT2D eigenvalue weighted by atomic mass is 35.5. The lowest BCUT2D eigenvalue weighted by Crippen LogP contribution is -2.03. The molecule has 0 fully saturated rings. The molecule has 0 N–H and O–H groups in total. The Hall–Kier alpha value is -1.62. The monoisotopic (exact) mass is 215 g/mol. The van der Waals surface area contributed by atoms with Gasteiger partial charge in [-0.3, -0.25) is 10.1 Å². The maximum Gasteiger partial charge on any atom is 0.356 e. The van der Waals surface area contributed by atoms with Crippen LogP contribution in [0.5, 0.6) is 0 Å². The van der Waals surface area contributed by atoms with Gasteiger partial charge in [0.2, 0.25) is 0 Å². The van der Waals surface area contributed by atoms with E-state index >= 15 is 0 Å². The van der Waals surface area contributed by atoms with Gasteiger partial charge in [0, 0.05) is 11.6 Å². The standard InChI is InChI=1S/C8H6ClNO4/c1-5-6(8(11)14-9)3-2-4-7(5)10(12)13/h2-4H,1H3. The fourth-order valence-electron chi connectivity index (χ4n) is 1.08. The average Bonchev–Trinajstić information content (AvgIpc) is 2.16. The third-order valence-corrected chi connectivity index (χ3v) is 1.93. The van der Waals surface area contributed by atoms with E-state index in [-0.39, 0.29) is 16.8 Å². The van der Waals surface area contributed by atoms with Crippen molar-refractivity contribution in [2.24, 2.45) is 0 Å². The minimum Gasteiger partial charge on any atom is -0.343 e. The number of nitrogens with zero attached hydrogens (tertiary/aromatic N) is 1. The summed E-state index contributed by atoms with van der Waals surface area (Å²) in [6.07, 6.45) is 0. The van der Waals surface area contributed by atoms with Crippen LogP contribution in [0.15, 0.2) is 18.2 Å². The van der Waals surface area contributed by atoms with Crippen molar-refractivity contribution in [3.63, 3.8) is 0 Å². The summed E-state index contributed by atoms with van der Waals surface area (Å²) in [5, 5.41) is 10.5. The van der Waals surface area contributed by atoms with E-state index in [0.717, 1.165) is 0 Å². The van der Waals surface area contributed by atoms with Crippen molar-refractivity contribution in [1.82, 2.24) is 0 Å². The number of carbonyl (C=O) groups excluding carboxylic acids is 1. The molecule has 0 aliphatic rings. The van der Waals surface area contributed by atoms with Gasteiger partial charge in [0.05, 0.1) is 10.5 Å². The normalized spacial score (nSPS) is 9.57. The second-order valence-electron chi connectivity index (χ2n) is 2.57. The van der Waals surface area contributed by atoms with Crippen molar-refractivity contribution in [1.29, 1.82) is 0 Å². The molecular weight excluding hydrogens is 210 g/mol. The molecule has 0 aliphatic carbocycles. The highest BCUT2D eigenvalue weighted by Gasteiger charge is 2.18. The Kier molecular flexibility index (Phi) is 3.03. The molecule has 74 valence electrons. The third-order valence-electron chi connectivity index (χ3n) is 1.79. The van der Waals surface area contributed by atoms with Crippen LogP contribution >= 0.6 is 11.9 Å². The summed E-state index contributed by atoms with van der Waals surface area (Å²) in [6.45, 7) is 1.46. The second kappa shape index (κ2) is 4.06. The minimum atomic E-state index is -0.798. The molecule has 0 saturated carbocycles. The van der Waals surface area contributed by atoms with Gasteiger partial charge in [0.1, 0.15) is 11.9 Å². The highest BCUT2D eigenvalue weighted by molar-refractivity contribution is 6.16. The van der Waals surface area contributed by atoms with Crippen molar-refractivity contribution >= 4 is 23.5 Å². The highest BCUT2D eigenvalue weighted by Crippen LogP contribution is 2.21. The number of halogens is 1. The maximum absolute atomic E-state index is 11.0. The van der Waals surface area contributed by atoms with E-state index in [2.05, 4.69) is 4.29 Å². The van der Waals surface area contributed by atoms with E-state index in [0.29, 0.717) is 0 Å². The Balaban J connectivity index is 3.27. The van der Waals surface area contributed by atoms with Crippen LogP contribution in [-0.2, 0) is 4.29 Å². The molecule has 1 aromatic carbocycles. The van der Waals surface area contributed by atoms with E-state index in [1.807, 2.05) is 0 Å². The Labute approximate surface area is 84.6 Å². The lowest BCUT2D eigenvalue weighted by Gasteiger charge is -2.01. The first-order chi connectivity index (χ1) is 6.57. The minimum absolute atomic E-state index is 0.0919. The number of benzene rings is 1. The Bertz CT molecular complexity index is 391. The van der Waals surface area contributed by atoms with Gasteiger partial charge in [-0.15, -0.1) is 0 Å². The fraction of sp³-hybridized carbons (Fsp3) is 0.125.